The number of nitrogens with zero attached hydrogens (tertiary/aromatic N) is 2. The summed E-state index contributed by atoms with van der Waals surface area (Å²) < 4.78 is 7.07. The fourth-order valence-electron chi connectivity index (χ4n) is 2.51. The molecular formula is C18H19N3O. The predicted octanol–water partition coefficient (Wildman–Crippen LogP) is 3.12. The van der Waals surface area contributed by atoms with Crippen molar-refractivity contribution in [3.63, 3.8) is 0 Å². The van der Waals surface area contributed by atoms with Crippen LogP contribution in [0.15, 0.2) is 66.9 Å². The molecule has 0 fully saturated rings. The molecule has 0 saturated heterocycles. The molecule has 2 aromatic carbocycles. The van der Waals surface area contributed by atoms with Crippen LogP contribution in [0.4, 0.5) is 0 Å². The van der Waals surface area contributed by atoms with Crippen molar-refractivity contribution in [3.05, 3.63) is 78.1 Å². The summed E-state index contributed by atoms with van der Waals surface area (Å²) in [7, 11) is 1.66. The Bertz CT molecular complexity index is 720. The van der Waals surface area contributed by atoms with Gasteiger partial charge >= 0.3 is 0 Å². The number of hydrogen-bond acceptors (Lipinski definition) is 3. The summed E-state index contributed by atoms with van der Waals surface area (Å²) >= 11 is 0. The van der Waals surface area contributed by atoms with Gasteiger partial charge in [-0.05, 0) is 42.3 Å². The van der Waals surface area contributed by atoms with E-state index in [1.165, 1.54) is 5.56 Å². The van der Waals surface area contributed by atoms with Crippen molar-refractivity contribution >= 4 is 0 Å². The van der Waals surface area contributed by atoms with Crippen molar-refractivity contribution in [1.82, 2.24) is 9.78 Å². The van der Waals surface area contributed by atoms with Gasteiger partial charge in [-0.3, -0.25) is 0 Å². The normalized spacial score (nSPS) is 12.1. The van der Waals surface area contributed by atoms with E-state index in [1.54, 1.807) is 13.3 Å². The average Bonchev–Trinajstić information content (AvgIpc) is 3.05. The molecule has 0 aliphatic carbocycles. The first-order chi connectivity index (χ1) is 10.8. The zero-order chi connectivity index (χ0) is 15.4. The van der Waals surface area contributed by atoms with Gasteiger partial charge in [-0.15, -0.1) is 0 Å². The number of benzene rings is 2. The second-order valence-corrected chi connectivity index (χ2v) is 5.16. The van der Waals surface area contributed by atoms with Gasteiger partial charge in [0.2, 0.25) is 0 Å². The number of hydrogen-bond donors (Lipinski definition) is 1. The first-order valence-corrected chi connectivity index (χ1v) is 7.26. The van der Waals surface area contributed by atoms with Crippen LogP contribution in [0, 0.1) is 0 Å². The van der Waals surface area contributed by atoms with Crippen molar-refractivity contribution in [3.8, 4) is 11.4 Å². The molecule has 3 aromatic rings. The summed E-state index contributed by atoms with van der Waals surface area (Å²) in [6.07, 6.45) is 2.56. The van der Waals surface area contributed by atoms with E-state index in [0.717, 1.165) is 23.6 Å². The molecule has 0 aliphatic rings. The minimum Gasteiger partial charge on any atom is -0.497 e. The first kappa shape index (κ1) is 14.4. The van der Waals surface area contributed by atoms with Gasteiger partial charge in [0.15, 0.2) is 0 Å². The molecule has 0 saturated carbocycles. The van der Waals surface area contributed by atoms with Gasteiger partial charge in [0, 0.05) is 6.20 Å². The minimum absolute atomic E-state index is 0.105. The van der Waals surface area contributed by atoms with E-state index in [9.17, 15) is 0 Å². The third-order valence-electron chi connectivity index (χ3n) is 3.67. The SMILES string of the molecule is COc1ccc(-n2nccc2[C@@H](N)Cc2ccccc2)cc1. The Balaban J connectivity index is 1.84. The summed E-state index contributed by atoms with van der Waals surface area (Å²) in [6.45, 7) is 0. The first-order valence-electron chi connectivity index (χ1n) is 7.26. The lowest BCUT2D eigenvalue weighted by atomic mass is 10.0. The molecule has 0 unspecified atom stereocenters. The van der Waals surface area contributed by atoms with Crippen molar-refractivity contribution in [1.29, 1.82) is 0 Å². The maximum absolute atomic E-state index is 6.38. The van der Waals surface area contributed by atoms with Crippen LogP contribution in [-0.2, 0) is 6.42 Å². The van der Waals surface area contributed by atoms with Crippen LogP contribution in [0.2, 0.25) is 0 Å². The highest BCUT2D eigenvalue weighted by Crippen LogP contribution is 2.21. The second-order valence-electron chi connectivity index (χ2n) is 5.16. The summed E-state index contributed by atoms with van der Waals surface area (Å²) in [5.41, 5.74) is 9.57. The zero-order valence-corrected chi connectivity index (χ0v) is 12.5. The molecule has 1 aromatic heterocycles. The molecule has 2 N–H and O–H groups in total. The summed E-state index contributed by atoms with van der Waals surface area (Å²) in [6, 6.07) is 19.9. The largest absolute Gasteiger partial charge is 0.497 e. The van der Waals surface area contributed by atoms with E-state index in [2.05, 4.69) is 17.2 Å². The Morgan fingerprint density at radius 1 is 1.05 bits per heavy atom. The van der Waals surface area contributed by atoms with Crippen LogP contribution in [0.1, 0.15) is 17.3 Å². The molecule has 1 atom stereocenters. The maximum atomic E-state index is 6.38. The third-order valence-corrected chi connectivity index (χ3v) is 3.67. The lowest BCUT2D eigenvalue weighted by Crippen LogP contribution is -2.17. The lowest BCUT2D eigenvalue weighted by Gasteiger charge is -2.15. The second kappa shape index (κ2) is 6.45. The smallest absolute Gasteiger partial charge is 0.119 e. The van der Waals surface area contributed by atoms with E-state index >= 15 is 0 Å². The predicted molar refractivity (Wildman–Crippen MR) is 87.2 cm³/mol. The Kier molecular flexibility index (Phi) is 4.21. The third kappa shape index (κ3) is 3.02. The molecule has 0 radical (unpaired) electrons. The molecule has 3 rings (SSSR count). The van der Waals surface area contributed by atoms with Crippen molar-refractivity contribution in [2.75, 3.05) is 7.11 Å². The monoisotopic (exact) mass is 293 g/mol. The van der Waals surface area contributed by atoms with Gasteiger partial charge in [0.1, 0.15) is 5.75 Å². The Labute approximate surface area is 130 Å². The van der Waals surface area contributed by atoms with Gasteiger partial charge in [-0.25, -0.2) is 4.68 Å². The van der Waals surface area contributed by atoms with E-state index in [4.69, 9.17) is 10.5 Å². The van der Waals surface area contributed by atoms with Crippen molar-refractivity contribution in [2.24, 2.45) is 5.73 Å². The molecule has 0 bridgehead atoms. The number of rotatable bonds is 5. The zero-order valence-electron chi connectivity index (χ0n) is 12.5. The van der Waals surface area contributed by atoms with Crippen LogP contribution in [0.3, 0.4) is 0 Å². The fourth-order valence-corrected chi connectivity index (χ4v) is 2.51. The quantitative estimate of drug-likeness (QED) is 0.786. The van der Waals surface area contributed by atoms with Crippen LogP contribution >= 0.6 is 0 Å². The minimum atomic E-state index is -0.105. The number of methoxy groups -OCH3 is 1. The lowest BCUT2D eigenvalue weighted by molar-refractivity contribution is 0.414. The van der Waals surface area contributed by atoms with Crippen molar-refractivity contribution < 1.29 is 4.74 Å². The van der Waals surface area contributed by atoms with E-state index in [0.29, 0.717) is 0 Å². The number of nitrogens with two attached hydrogens (primary N) is 1. The molecule has 4 heteroatoms. The van der Waals surface area contributed by atoms with Gasteiger partial charge in [0.25, 0.3) is 0 Å². The molecule has 0 aliphatic heterocycles. The molecule has 4 nitrogen and oxygen atoms in total. The molecule has 22 heavy (non-hydrogen) atoms. The number of aromatic nitrogens is 2. The standard InChI is InChI=1S/C18H19N3O/c1-22-16-9-7-15(8-10-16)21-18(11-12-20-21)17(19)13-14-5-3-2-4-6-14/h2-12,17H,13,19H2,1H3/t17-/m0/s1. The van der Waals surface area contributed by atoms with Gasteiger partial charge in [-0.2, -0.15) is 5.10 Å². The highest BCUT2D eigenvalue weighted by Gasteiger charge is 2.13. The topological polar surface area (TPSA) is 53.1 Å². The van der Waals surface area contributed by atoms with Gasteiger partial charge in [0.05, 0.1) is 24.5 Å². The fraction of sp³-hybridized carbons (Fsp3) is 0.167. The van der Waals surface area contributed by atoms with E-state index in [1.807, 2.05) is 53.2 Å². The molecule has 0 spiro atoms. The van der Waals surface area contributed by atoms with Gasteiger partial charge in [-0.1, -0.05) is 30.3 Å². The summed E-state index contributed by atoms with van der Waals surface area (Å²) in [5.74, 6) is 0.825. The van der Waals surface area contributed by atoms with Crippen LogP contribution in [0.25, 0.3) is 5.69 Å². The van der Waals surface area contributed by atoms with Crippen LogP contribution in [-0.4, -0.2) is 16.9 Å². The molecule has 1 heterocycles. The van der Waals surface area contributed by atoms with Crippen LogP contribution in [0.5, 0.6) is 5.75 Å². The van der Waals surface area contributed by atoms with Gasteiger partial charge < -0.3 is 10.5 Å². The number of ether oxygens (including phenoxy) is 1. The molecule has 112 valence electrons. The van der Waals surface area contributed by atoms with Crippen molar-refractivity contribution in [2.45, 2.75) is 12.5 Å². The molecule has 0 amide bonds. The Morgan fingerprint density at radius 2 is 1.77 bits per heavy atom. The van der Waals surface area contributed by atoms with Crippen LogP contribution < -0.4 is 10.5 Å². The average molecular weight is 293 g/mol. The Hall–Kier alpha value is -2.59. The van der Waals surface area contributed by atoms with E-state index < -0.39 is 0 Å². The summed E-state index contributed by atoms with van der Waals surface area (Å²) in [4.78, 5) is 0. The van der Waals surface area contributed by atoms with E-state index in [-0.39, 0.29) is 6.04 Å². The highest BCUT2D eigenvalue weighted by atomic mass is 16.5. The summed E-state index contributed by atoms with van der Waals surface area (Å²) in [5, 5.41) is 4.40. The maximum Gasteiger partial charge on any atom is 0.119 e. The highest BCUT2D eigenvalue weighted by molar-refractivity contribution is 5.38. The Morgan fingerprint density at radius 3 is 2.45 bits per heavy atom. The molecular weight excluding hydrogens is 274 g/mol.